The summed E-state index contributed by atoms with van der Waals surface area (Å²) in [5.41, 5.74) is 1.56. The fraction of sp³-hybridized carbons (Fsp3) is 0.167. The third-order valence-corrected chi connectivity index (χ3v) is 4.02. The normalized spacial score (nSPS) is 10.4. The monoisotopic (exact) mass is 355 g/mol. The zero-order valence-corrected chi connectivity index (χ0v) is 14.5. The van der Waals surface area contributed by atoms with Crippen molar-refractivity contribution in [1.29, 1.82) is 0 Å². The van der Waals surface area contributed by atoms with Gasteiger partial charge in [-0.2, -0.15) is 0 Å². The molecule has 0 unspecified atom stereocenters. The summed E-state index contributed by atoms with van der Waals surface area (Å²) in [6, 6.07) is 16.7. The molecule has 0 spiro atoms. The van der Waals surface area contributed by atoms with Crippen molar-refractivity contribution in [1.82, 2.24) is 10.2 Å². The maximum absolute atomic E-state index is 11.9. The molecule has 128 valence electrons. The molecule has 0 atom stereocenters. The van der Waals surface area contributed by atoms with Gasteiger partial charge in [0.15, 0.2) is 0 Å². The second-order valence-corrected chi connectivity index (χ2v) is 5.96. The molecule has 0 aliphatic carbocycles. The van der Waals surface area contributed by atoms with Crippen molar-refractivity contribution in [3.05, 3.63) is 54.6 Å². The number of aromatic nitrogens is 2. The van der Waals surface area contributed by atoms with E-state index in [1.807, 2.05) is 61.5 Å². The Labute approximate surface area is 149 Å². The molecular weight excluding hydrogens is 338 g/mol. The number of thioether (sulfide) groups is 1. The first-order valence-corrected chi connectivity index (χ1v) is 8.77. The number of hydrogen-bond acceptors (Lipinski definition) is 6. The van der Waals surface area contributed by atoms with Gasteiger partial charge in [0.05, 0.1) is 12.4 Å². The predicted molar refractivity (Wildman–Crippen MR) is 96.7 cm³/mol. The molecule has 1 amide bonds. The molecule has 2 aromatic carbocycles. The first-order chi connectivity index (χ1) is 12.2. The van der Waals surface area contributed by atoms with E-state index in [0.29, 0.717) is 17.7 Å². The highest BCUT2D eigenvalue weighted by Crippen LogP contribution is 2.25. The minimum Gasteiger partial charge on any atom is -0.494 e. The van der Waals surface area contributed by atoms with Crippen LogP contribution >= 0.6 is 11.8 Å². The van der Waals surface area contributed by atoms with Gasteiger partial charge in [-0.15, -0.1) is 10.2 Å². The molecule has 7 heteroatoms. The Balaban J connectivity index is 1.55. The first kappa shape index (κ1) is 17.0. The minimum absolute atomic E-state index is 0.128. The van der Waals surface area contributed by atoms with E-state index in [9.17, 15) is 4.79 Å². The summed E-state index contributed by atoms with van der Waals surface area (Å²) in [5.74, 6) is 1.27. The summed E-state index contributed by atoms with van der Waals surface area (Å²) >= 11 is 1.20. The number of carbonyl (C=O) groups excluding carboxylic acids is 1. The molecule has 1 N–H and O–H groups in total. The Morgan fingerprint density at radius 3 is 2.60 bits per heavy atom. The molecule has 0 aliphatic rings. The van der Waals surface area contributed by atoms with Gasteiger partial charge in [-0.1, -0.05) is 30.0 Å². The number of anilines is 1. The highest BCUT2D eigenvalue weighted by atomic mass is 32.2. The van der Waals surface area contributed by atoms with E-state index in [-0.39, 0.29) is 11.7 Å². The second kappa shape index (κ2) is 8.34. The molecule has 0 aliphatic heterocycles. The Bertz CT molecular complexity index is 819. The lowest BCUT2D eigenvalue weighted by Gasteiger charge is -2.03. The quantitative estimate of drug-likeness (QED) is 0.648. The van der Waals surface area contributed by atoms with Crippen LogP contribution in [0.3, 0.4) is 0 Å². The number of para-hydroxylation sites is 1. The summed E-state index contributed by atoms with van der Waals surface area (Å²) in [6.45, 7) is 2.55. The van der Waals surface area contributed by atoms with E-state index in [4.69, 9.17) is 9.15 Å². The summed E-state index contributed by atoms with van der Waals surface area (Å²) in [4.78, 5) is 11.9. The Hall–Kier alpha value is -2.80. The smallest absolute Gasteiger partial charge is 0.277 e. The lowest BCUT2D eigenvalue weighted by Crippen LogP contribution is -2.13. The highest BCUT2D eigenvalue weighted by Gasteiger charge is 2.11. The van der Waals surface area contributed by atoms with Gasteiger partial charge in [-0.3, -0.25) is 4.79 Å². The van der Waals surface area contributed by atoms with Gasteiger partial charge in [-0.25, -0.2) is 0 Å². The van der Waals surface area contributed by atoms with Crippen molar-refractivity contribution >= 4 is 23.4 Å². The molecule has 1 heterocycles. The molecule has 3 aromatic rings. The van der Waals surface area contributed by atoms with Crippen molar-refractivity contribution in [2.45, 2.75) is 12.1 Å². The molecule has 0 bridgehead atoms. The number of nitrogens with zero attached hydrogens (tertiary/aromatic N) is 2. The molecule has 0 saturated heterocycles. The van der Waals surface area contributed by atoms with Crippen molar-refractivity contribution < 1.29 is 13.9 Å². The number of nitrogens with one attached hydrogen (secondary N) is 1. The van der Waals surface area contributed by atoms with Gasteiger partial charge in [0.2, 0.25) is 11.8 Å². The van der Waals surface area contributed by atoms with Gasteiger partial charge in [-0.05, 0) is 43.3 Å². The van der Waals surface area contributed by atoms with E-state index in [0.717, 1.165) is 17.0 Å². The van der Waals surface area contributed by atoms with Crippen LogP contribution in [0.1, 0.15) is 6.92 Å². The van der Waals surface area contributed by atoms with Gasteiger partial charge >= 0.3 is 0 Å². The molecule has 6 nitrogen and oxygen atoms in total. The van der Waals surface area contributed by atoms with Crippen LogP contribution < -0.4 is 10.1 Å². The van der Waals surface area contributed by atoms with E-state index in [1.165, 1.54) is 11.8 Å². The number of benzene rings is 2. The van der Waals surface area contributed by atoms with Gasteiger partial charge in [0.1, 0.15) is 5.75 Å². The van der Waals surface area contributed by atoms with Gasteiger partial charge in [0, 0.05) is 11.3 Å². The lowest BCUT2D eigenvalue weighted by atomic mass is 10.2. The van der Waals surface area contributed by atoms with E-state index >= 15 is 0 Å². The van der Waals surface area contributed by atoms with Crippen LogP contribution in [0, 0.1) is 0 Å². The molecule has 0 radical (unpaired) electrons. The molecular formula is C18H17N3O3S. The molecule has 0 fully saturated rings. The van der Waals surface area contributed by atoms with Crippen LogP contribution in [-0.2, 0) is 4.79 Å². The Kier molecular flexibility index (Phi) is 5.69. The Morgan fingerprint density at radius 1 is 1.12 bits per heavy atom. The lowest BCUT2D eigenvalue weighted by molar-refractivity contribution is -0.113. The average molecular weight is 355 g/mol. The average Bonchev–Trinajstić information content (AvgIpc) is 3.11. The molecule has 25 heavy (non-hydrogen) atoms. The van der Waals surface area contributed by atoms with Crippen molar-refractivity contribution in [3.8, 4) is 17.2 Å². The first-order valence-electron chi connectivity index (χ1n) is 7.79. The summed E-state index contributed by atoms with van der Waals surface area (Å²) < 4.78 is 11.0. The number of hydrogen-bond donors (Lipinski definition) is 1. The minimum atomic E-state index is -0.128. The standard InChI is InChI=1S/C18H17N3O3S/c1-2-23-15-10-8-13(9-11-15)17-20-21-18(24-17)25-12-16(22)19-14-6-4-3-5-7-14/h3-11H,2,12H2,1H3,(H,19,22). The largest absolute Gasteiger partial charge is 0.494 e. The number of rotatable bonds is 7. The molecule has 3 rings (SSSR count). The van der Waals surface area contributed by atoms with Crippen molar-refractivity contribution in [3.63, 3.8) is 0 Å². The fourth-order valence-electron chi connectivity index (χ4n) is 2.09. The third-order valence-electron chi connectivity index (χ3n) is 3.20. The number of ether oxygens (including phenoxy) is 1. The zero-order valence-electron chi connectivity index (χ0n) is 13.6. The van der Waals surface area contributed by atoms with E-state index < -0.39 is 0 Å². The van der Waals surface area contributed by atoms with Crippen LogP contribution in [0.4, 0.5) is 5.69 Å². The second-order valence-electron chi connectivity index (χ2n) is 5.03. The van der Waals surface area contributed by atoms with Crippen molar-refractivity contribution in [2.75, 3.05) is 17.7 Å². The summed E-state index contributed by atoms with van der Waals surface area (Å²) in [5, 5.41) is 11.1. The van der Waals surface area contributed by atoms with Gasteiger partial charge in [0.25, 0.3) is 5.22 Å². The van der Waals surface area contributed by atoms with Crippen LogP contribution in [0.15, 0.2) is 64.2 Å². The summed E-state index contributed by atoms with van der Waals surface area (Å²) in [7, 11) is 0. The van der Waals surface area contributed by atoms with Crippen molar-refractivity contribution in [2.24, 2.45) is 0 Å². The number of carbonyl (C=O) groups is 1. The number of amides is 1. The SMILES string of the molecule is CCOc1ccc(-c2nnc(SCC(=O)Nc3ccccc3)o2)cc1. The summed E-state index contributed by atoms with van der Waals surface area (Å²) in [6.07, 6.45) is 0. The third kappa shape index (κ3) is 4.84. The fourth-order valence-corrected chi connectivity index (χ4v) is 2.65. The van der Waals surface area contributed by atoms with Crippen LogP contribution in [0.5, 0.6) is 5.75 Å². The van der Waals surface area contributed by atoms with E-state index in [1.54, 1.807) is 0 Å². The van der Waals surface area contributed by atoms with Crippen LogP contribution in [0.2, 0.25) is 0 Å². The van der Waals surface area contributed by atoms with Crippen LogP contribution in [-0.4, -0.2) is 28.5 Å². The highest BCUT2D eigenvalue weighted by molar-refractivity contribution is 7.99. The Morgan fingerprint density at radius 2 is 1.88 bits per heavy atom. The topological polar surface area (TPSA) is 77.2 Å². The van der Waals surface area contributed by atoms with E-state index in [2.05, 4.69) is 15.5 Å². The zero-order chi connectivity index (χ0) is 17.5. The molecule has 0 saturated carbocycles. The maximum Gasteiger partial charge on any atom is 0.277 e. The molecule has 1 aromatic heterocycles. The van der Waals surface area contributed by atoms with Gasteiger partial charge < -0.3 is 14.5 Å². The predicted octanol–water partition coefficient (Wildman–Crippen LogP) is 3.87. The van der Waals surface area contributed by atoms with Crippen LogP contribution in [0.25, 0.3) is 11.5 Å². The maximum atomic E-state index is 11.9.